The summed E-state index contributed by atoms with van der Waals surface area (Å²) in [6, 6.07) is 5.74. The molecule has 0 aromatic carbocycles. The third-order valence-electron chi connectivity index (χ3n) is 6.40. The Hall–Kier alpha value is -2.74. The van der Waals surface area contributed by atoms with Crippen molar-refractivity contribution >= 4 is 17.3 Å². The lowest BCUT2D eigenvalue weighted by Crippen LogP contribution is -2.40. The first kappa shape index (κ1) is 24.4. The van der Waals surface area contributed by atoms with Gasteiger partial charge >= 0.3 is 5.97 Å². The second kappa shape index (κ2) is 9.86. The molecular weight excluding hydrogens is 438 g/mol. The molecule has 2 fully saturated rings. The fourth-order valence-corrected chi connectivity index (χ4v) is 4.76. The van der Waals surface area contributed by atoms with E-state index >= 15 is 0 Å². The minimum atomic E-state index is -1.53. The second-order valence-corrected chi connectivity index (χ2v) is 9.39. The molecule has 4 heterocycles. The molecule has 2 saturated heterocycles. The first-order chi connectivity index (χ1) is 16.3. The van der Waals surface area contributed by atoms with Gasteiger partial charge in [-0.25, -0.2) is 9.50 Å². The van der Waals surface area contributed by atoms with Gasteiger partial charge in [-0.3, -0.25) is 4.79 Å². The average molecular weight is 472 g/mol. The number of ether oxygens (including phenoxy) is 4. The van der Waals surface area contributed by atoms with E-state index in [0.29, 0.717) is 17.6 Å². The summed E-state index contributed by atoms with van der Waals surface area (Å²) in [6.07, 6.45) is 6.20. The number of carbonyl (C=O) groups is 1. The third-order valence-corrected chi connectivity index (χ3v) is 6.40. The van der Waals surface area contributed by atoms with Crippen molar-refractivity contribution in [3.05, 3.63) is 24.2 Å². The number of hydrogen-bond acceptors (Lipinski definition) is 9. The fraction of sp³-hybridized carbons (Fsp3) is 0.667. The number of rotatable bonds is 10. The highest BCUT2D eigenvalue weighted by molar-refractivity contribution is 5.69. The highest BCUT2D eigenvalue weighted by atomic mass is 16.8. The summed E-state index contributed by atoms with van der Waals surface area (Å²) < 4.78 is 25.5. The van der Waals surface area contributed by atoms with Crippen LogP contribution in [0.5, 0.6) is 0 Å². The van der Waals surface area contributed by atoms with Crippen molar-refractivity contribution in [1.29, 1.82) is 5.26 Å². The highest BCUT2D eigenvalue weighted by Gasteiger charge is 2.65. The van der Waals surface area contributed by atoms with Crippen LogP contribution in [0.4, 0.5) is 5.82 Å². The molecule has 0 saturated carbocycles. The molecule has 4 rings (SSSR count). The monoisotopic (exact) mass is 471 g/mol. The SMILES string of the molecule is CCCCCCCCC(=O)OC[C@H]1O[C@@](C#N)(c2ccc3c(N)ncnn23)[C@@H]2OC(C)(C)O[C@@H]21. The Morgan fingerprint density at radius 3 is 2.74 bits per heavy atom. The lowest BCUT2D eigenvalue weighted by molar-refractivity contribution is -0.206. The minimum Gasteiger partial charge on any atom is -0.463 e. The number of nitrogens with two attached hydrogens (primary N) is 1. The predicted octanol–water partition coefficient (Wildman–Crippen LogP) is 3.24. The van der Waals surface area contributed by atoms with Gasteiger partial charge in [-0.1, -0.05) is 39.0 Å². The quantitative estimate of drug-likeness (QED) is 0.409. The molecule has 0 amide bonds. The summed E-state index contributed by atoms with van der Waals surface area (Å²) in [5.74, 6) is -0.923. The molecule has 184 valence electrons. The summed E-state index contributed by atoms with van der Waals surface area (Å²) in [6.45, 7) is 5.71. The Bertz CT molecular complexity index is 1060. The van der Waals surface area contributed by atoms with Crippen molar-refractivity contribution in [3.63, 3.8) is 0 Å². The Morgan fingerprint density at radius 2 is 1.97 bits per heavy atom. The van der Waals surface area contributed by atoms with Crippen LogP contribution < -0.4 is 5.73 Å². The Balaban J connectivity index is 1.48. The maximum atomic E-state index is 12.3. The van der Waals surface area contributed by atoms with Gasteiger partial charge in [0.05, 0.1) is 5.69 Å². The zero-order valence-corrected chi connectivity index (χ0v) is 20.0. The van der Waals surface area contributed by atoms with Crippen LogP contribution in [-0.4, -0.2) is 51.3 Å². The van der Waals surface area contributed by atoms with Gasteiger partial charge in [0.25, 0.3) is 0 Å². The van der Waals surface area contributed by atoms with E-state index in [-0.39, 0.29) is 18.4 Å². The molecule has 2 aromatic heterocycles. The average Bonchev–Trinajstić information content (AvgIpc) is 3.46. The smallest absolute Gasteiger partial charge is 0.305 e. The number of hydrogen-bond donors (Lipinski definition) is 1. The number of nitriles is 1. The van der Waals surface area contributed by atoms with E-state index < -0.39 is 29.7 Å². The molecule has 34 heavy (non-hydrogen) atoms. The van der Waals surface area contributed by atoms with Crippen LogP contribution in [0, 0.1) is 11.3 Å². The van der Waals surface area contributed by atoms with Gasteiger partial charge in [-0.05, 0) is 32.4 Å². The van der Waals surface area contributed by atoms with Crippen molar-refractivity contribution in [1.82, 2.24) is 14.6 Å². The van der Waals surface area contributed by atoms with Gasteiger partial charge in [0.2, 0.25) is 5.60 Å². The van der Waals surface area contributed by atoms with Crippen LogP contribution in [0.3, 0.4) is 0 Å². The lowest BCUT2D eigenvalue weighted by atomic mass is 9.92. The molecule has 0 bridgehead atoms. The van der Waals surface area contributed by atoms with Crippen LogP contribution in [0.2, 0.25) is 0 Å². The van der Waals surface area contributed by atoms with Gasteiger partial charge < -0.3 is 24.7 Å². The minimum absolute atomic E-state index is 0.0286. The molecule has 2 aromatic rings. The van der Waals surface area contributed by atoms with Gasteiger partial charge in [0.15, 0.2) is 11.6 Å². The number of carbonyl (C=O) groups excluding carboxylic acids is 1. The molecule has 2 aliphatic rings. The summed E-state index contributed by atoms with van der Waals surface area (Å²) >= 11 is 0. The van der Waals surface area contributed by atoms with E-state index in [1.807, 2.05) is 0 Å². The molecule has 2 N–H and O–H groups in total. The van der Waals surface area contributed by atoms with E-state index in [4.69, 9.17) is 24.7 Å². The first-order valence-corrected chi connectivity index (χ1v) is 12.0. The van der Waals surface area contributed by atoms with Crippen LogP contribution >= 0.6 is 0 Å². The number of fused-ring (bicyclic) bond motifs is 2. The van der Waals surface area contributed by atoms with Gasteiger partial charge in [0.1, 0.15) is 42.8 Å². The largest absolute Gasteiger partial charge is 0.463 e. The summed E-state index contributed by atoms with van der Waals surface area (Å²) in [5.41, 5.74) is 5.46. The normalized spacial score (nSPS) is 27.5. The van der Waals surface area contributed by atoms with Crippen molar-refractivity contribution < 1.29 is 23.7 Å². The van der Waals surface area contributed by atoms with Crippen molar-refractivity contribution in [2.45, 2.75) is 95.4 Å². The second-order valence-electron chi connectivity index (χ2n) is 9.39. The van der Waals surface area contributed by atoms with E-state index in [1.54, 1.807) is 26.0 Å². The molecule has 4 atom stereocenters. The zero-order valence-electron chi connectivity index (χ0n) is 20.0. The maximum Gasteiger partial charge on any atom is 0.305 e. The highest BCUT2D eigenvalue weighted by Crippen LogP contribution is 2.49. The van der Waals surface area contributed by atoms with Crippen molar-refractivity contribution in [2.75, 3.05) is 12.3 Å². The van der Waals surface area contributed by atoms with E-state index in [0.717, 1.165) is 19.3 Å². The summed E-state index contributed by atoms with van der Waals surface area (Å²) in [4.78, 5) is 16.3. The molecule has 10 heteroatoms. The van der Waals surface area contributed by atoms with Crippen LogP contribution in [-0.2, 0) is 29.3 Å². The Morgan fingerprint density at radius 1 is 1.21 bits per heavy atom. The fourth-order valence-electron chi connectivity index (χ4n) is 4.76. The molecule has 10 nitrogen and oxygen atoms in total. The molecule has 0 aliphatic carbocycles. The molecule has 0 radical (unpaired) electrons. The standard InChI is InChI=1S/C24H33N5O5/c1-4-5-6-7-8-9-10-19(30)31-13-17-20-21(34-23(2,3)33-20)24(14-25,32-17)18-12-11-16-22(26)27-15-28-29(16)18/h11-12,15,17,20-21H,4-10,13H2,1-3H3,(H2,26,27,28)/t17-,20-,21-,24+/m1/s1. The number of aromatic nitrogens is 3. The summed E-state index contributed by atoms with van der Waals surface area (Å²) in [7, 11) is 0. The van der Waals surface area contributed by atoms with Crippen LogP contribution in [0.25, 0.3) is 5.52 Å². The zero-order chi connectivity index (χ0) is 24.3. The number of unbranched alkanes of at least 4 members (excludes halogenated alkanes) is 5. The lowest BCUT2D eigenvalue weighted by Gasteiger charge is -2.28. The number of nitrogens with zero attached hydrogens (tertiary/aromatic N) is 4. The molecule has 2 aliphatic heterocycles. The Labute approximate surface area is 199 Å². The molecular formula is C24H33N5O5. The van der Waals surface area contributed by atoms with Crippen LogP contribution in [0.1, 0.15) is 71.4 Å². The van der Waals surface area contributed by atoms with Crippen molar-refractivity contribution in [3.8, 4) is 6.07 Å². The van der Waals surface area contributed by atoms with Gasteiger partial charge in [-0.2, -0.15) is 10.4 Å². The predicted molar refractivity (Wildman–Crippen MR) is 122 cm³/mol. The number of esters is 1. The van der Waals surface area contributed by atoms with Crippen LogP contribution in [0.15, 0.2) is 18.5 Å². The molecule has 0 spiro atoms. The number of anilines is 1. The maximum absolute atomic E-state index is 12.3. The number of nitrogen functional groups attached to an aromatic ring is 1. The third kappa shape index (κ3) is 4.60. The van der Waals surface area contributed by atoms with E-state index in [9.17, 15) is 10.1 Å². The van der Waals surface area contributed by atoms with Gasteiger partial charge in [0, 0.05) is 6.42 Å². The van der Waals surface area contributed by atoms with Crippen molar-refractivity contribution in [2.24, 2.45) is 0 Å². The first-order valence-electron chi connectivity index (χ1n) is 12.0. The topological polar surface area (TPSA) is 134 Å². The molecule has 0 unspecified atom stereocenters. The summed E-state index contributed by atoms with van der Waals surface area (Å²) in [5, 5.41) is 14.6. The van der Waals surface area contributed by atoms with E-state index in [2.05, 4.69) is 23.1 Å². The van der Waals surface area contributed by atoms with Gasteiger partial charge in [-0.15, -0.1) is 0 Å². The Kier molecular flexibility index (Phi) is 7.07. The van der Waals surface area contributed by atoms with E-state index in [1.165, 1.54) is 30.1 Å².